The van der Waals surface area contributed by atoms with Crippen molar-refractivity contribution in [3.63, 3.8) is 0 Å². The summed E-state index contributed by atoms with van der Waals surface area (Å²) in [7, 11) is 1.63. The molecule has 2 N–H and O–H groups in total. The van der Waals surface area contributed by atoms with E-state index in [0.29, 0.717) is 12.1 Å². The standard InChI is InChI=1S/C25H25F3N4O3S/c1-24(35,17-7-5-8-18(15-17)25(26,27)28)21-9-6-10-22(31-21)32(3)13-11-19(12-14-33)30-23(34)20(29-2)16-36-4/h5-16,35H,2H2,1,3-4H3,(H,30,34)/b13-11-,19-12+,20-16-. The van der Waals surface area contributed by atoms with Crippen LogP contribution >= 0.6 is 11.8 Å². The van der Waals surface area contributed by atoms with Crippen LogP contribution in [0.5, 0.6) is 0 Å². The van der Waals surface area contributed by atoms with Crippen LogP contribution < -0.4 is 10.2 Å². The molecule has 1 unspecified atom stereocenters. The van der Waals surface area contributed by atoms with E-state index in [9.17, 15) is 27.9 Å². The van der Waals surface area contributed by atoms with E-state index in [1.54, 1.807) is 30.3 Å². The minimum Gasteiger partial charge on any atom is -0.379 e. The van der Waals surface area contributed by atoms with Crippen molar-refractivity contribution in [2.75, 3.05) is 18.2 Å². The number of anilines is 1. The number of carbonyl (C=O) groups is 2. The van der Waals surface area contributed by atoms with Gasteiger partial charge in [-0.3, -0.25) is 14.6 Å². The number of alkyl halides is 3. The number of allylic oxidation sites excluding steroid dienone is 2. The summed E-state index contributed by atoms with van der Waals surface area (Å²) in [6, 6.07) is 9.15. The lowest BCUT2D eigenvalue weighted by Crippen LogP contribution is -2.26. The molecule has 0 bridgehead atoms. The number of thioether (sulfide) groups is 1. The van der Waals surface area contributed by atoms with E-state index in [2.05, 4.69) is 22.0 Å². The van der Waals surface area contributed by atoms with Crippen LogP contribution in [0.1, 0.15) is 23.7 Å². The van der Waals surface area contributed by atoms with Crippen LogP contribution in [0.4, 0.5) is 19.0 Å². The van der Waals surface area contributed by atoms with Gasteiger partial charge in [-0.15, -0.1) is 11.8 Å². The summed E-state index contributed by atoms with van der Waals surface area (Å²) in [6.45, 7) is 4.70. The largest absolute Gasteiger partial charge is 0.416 e. The molecule has 0 saturated carbocycles. The number of carbonyl (C=O) groups excluding carboxylic acids is 2. The Morgan fingerprint density at radius 3 is 2.50 bits per heavy atom. The van der Waals surface area contributed by atoms with Crippen LogP contribution in [0, 0.1) is 0 Å². The molecule has 1 aromatic heterocycles. The fourth-order valence-corrected chi connectivity index (χ4v) is 3.39. The zero-order valence-corrected chi connectivity index (χ0v) is 20.6. The van der Waals surface area contributed by atoms with Gasteiger partial charge in [-0.2, -0.15) is 13.2 Å². The van der Waals surface area contributed by atoms with Gasteiger partial charge in [-0.1, -0.05) is 18.2 Å². The zero-order valence-electron chi connectivity index (χ0n) is 19.8. The lowest BCUT2D eigenvalue weighted by atomic mass is 9.90. The van der Waals surface area contributed by atoms with Crippen LogP contribution in [0.25, 0.3) is 0 Å². The van der Waals surface area contributed by atoms with Crippen molar-refractivity contribution in [1.82, 2.24) is 10.3 Å². The van der Waals surface area contributed by atoms with Gasteiger partial charge in [0, 0.05) is 30.4 Å². The number of hydrogen-bond donors (Lipinski definition) is 2. The number of aldehydes is 1. The van der Waals surface area contributed by atoms with Gasteiger partial charge in [0.15, 0.2) is 0 Å². The van der Waals surface area contributed by atoms with E-state index < -0.39 is 23.2 Å². The third kappa shape index (κ3) is 7.40. The first kappa shape index (κ1) is 28.5. The Morgan fingerprint density at radius 2 is 1.89 bits per heavy atom. The number of rotatable bonds is 10. The predicted molar refractivity (Wildman–Crippen MR) is 135 cm³/mol. The highest BCUT2D eigenvalue weighted by Crippen LogP contribution is 2.34. The number of aliphatic hydroxyl groups is 1. The van der Waals surface area contributed by atoms with Gasteiger partial charge in [-0.05, 0) is 55.8 Å². The Hall–Kier alpha value is -3.70. The number of halogens is 3. The summed E-state index contributed by atoms with van der Waals surface area (Å²) < 4.78 is 39.4. The number of nitrogens with zero attached hydrogens (tertiary/aromatic N) is 3. The molecule has 0 aliphatic rings. The number of aliphatic imine (C=N–C) groups is 1. The normalized spacial score (nSPS) is 14.3. The maximum Gasteiger partial charge on any atom is 0.416 e. The highest BCUT2D eigenvalue weighted by Gasteiger charge is 2.34. The topological polar surface area (TPSA) is 94.9 Å². The molecule has 0 aliphatic heterocycles. The number of benzene rings is 1. The Kier molecular flexibility index (Phi) is 9.76. The van der Waals surface area contributed by atoms with Gasteiger partial charge in [0.25, 0.3) is 5.91 Å². The molecule has 0 saturated heterocycles. The molecule has 36 heavy (non-hydrogen) atoms. The number of nitrogens with one attached hydrogen (secondary N) is 1. The third-order valence-corrected chi connectivity index (χ3v) is 5.42. The first-order valence-electron chi connectivity index (χ1n) is 10.4. The minimum absolute atomic E-state index is 0.0315. The second-order valence-electron chi connectivity index (χ2n) is 7.57. The maximum absolute atomic E-state index is 13.1. The molecule has 2 rings (SSSR count). The molecule has 1 aromatic carbocycles. The second kappa shape index (κ2) is 12.3. The van der Waals surface area contributed by atoms with Crippen molar-refractivity contribution in [3.8, 4) is 0 Å². The Labute approximate surface area is 211 Å². The molecule has 1 atom stereocenters. The van der Waals surface area contributed by atoms with Crippen molar-refractivity contribution in [2.45, 2.75) is 18.7 Å². The van der Waals surface area contributed by atoms with Gasteiger partial charge >= 0.3 is 6.18 Å². The van der Waals surface area contributed by atoms with Crippen LogP contribution in [0.3, 0.4) is 0 Å². The van der Waals surface area contributed by atoms with Crippen molar-refractivity contribution < 1.29 is 27.9 Å². The van der Waals surface area contributed by atoms with E-state index in [1.165, 1.54) is 54.6 Å². The Bertz CT molecular complexity index is 1210. The maximum atomic E-state index is 13.1. The molecule has 7 nitrogen and oxygen atoms in total. The summed E-state index contributed by atoms with van der Waals surface area (Å²) in [4.78, 5) is 32.9. The zero-order chi connectivity index (χ0) is 26.9. The fraction of sp³-hybridized carbons (Fsp3) is 0.200. The second-order valence-corrected chi connectivity index (χ2v) is 8.27. The molecule has 0 aliphatic carbocycles. The average molecular weight is 519 g/mol. The quantitative estimate of drug-likeness (QED) is 0.209. The molecule has 11 heteroatoms. The van der Waals surface area contributed by atoms with E-state index in [4.69, 9.17) is 0 Å². The van der Waals surface area contributed by atoms with Crippen LogP contribution in [0.2, 0.25) is 0 Å². The van der Waals surface area contributed by atoms with Gasteiger partial charge < -0.3 is 15.3 Å². The molecular weight excluding hydrogens is 493 g/mol. The third-order valence-electron chi connectivity index (χ3n) is 4.96. The molecule has 2 aromatic rings. The van der Waals surface area contributed by atoms with Crippen LogP contribution in [-0.2, 0) is 21.4 Å². The lowest BCUT2D eigenvalue weighted by molar-refractivity contribution is -0.137. The molecule has 0 fully saturated rings. The van der Waals surface area contributed by atoms with Gasteiger partial charge in [0.1, 0.15) is 23.4 Å². The van der Waals surface area contributed by atoms with E-state index in [-0.39, 0.29) is 22.7 Å². The SMILES string of the molecule is C=N/C(=C\SC)C(=O)NC(/C=C\N(C)c1cccc(C(C)(O)c2cccc(C(F)(F)F)c2)n1)=C/C=O. The molecular formula is C25H25F3N4O3S. The number of amides is 1. The van der Waals surface area contributed by atoms with E-state index in [1.807, 2.05) is 0 Å². The molecule has 1 heterocycles. The van der Waals surface area contributed by atoms with Crippen LogP contribution in [-0.4, -0.2) is 42.3 Å². The highest BCUT2D eigenvalue weighted by atomic mass is 32.2. The Morgan fingerprint density at radius 1 is 1.22 bits per heavy atom. The first-order chi connectivity index (χ1) is 16.9. The number of aromatic nitrogens is 1. The fourth-order valence-electron chi connectivity index (χ4n) is 2.99. The predicted octanol–water partition coefficient (Wildman–Crippen LogP) is 4.41. The summed E-state index contributed by atoms with van der Waals surface area (Å²) >= 11 is 1.27. The molecule has 1 amide bonds. The highest BCUT2D eigenvalue weighted by molar-refractivity contribution is 8.01. The van der Waals surface area contributed by atoms with Crippen molar-refractivity contribution >= 4 is 36.5 Å². The van der Waals surface area contributed by atoms with Gasteiger partial charge in [0.2, 0.25) is 0 Å². The van der Waals surface area contributed by atoms with Crippen LogP contribution in [0.15, 0.2) is 82.6 Å². The van der Waals surface area contributed by atoms with Crippen molar-refractivity contribution in [1.29, 1.82) is 0 Å². The van der Waals surface area contributed by atoms with E-state index in [0.717, 1.165) is 18.2 Å². The summed E-state index contributed by atoms with van der Waals surface area (Å²) in [6.07, 6.45) is 1.81. The van der Waals surface area contributed by atoms with Crippen molar-refractivity contribution in [3.05, 3.63) is 94.4 Å². The molecule has 0 spiro atoms. The van der Waals surface area contributed by atoms with Crippen molar-refractivity contribution in [2.24, 2.45) is 4.99 Å². The Balaban J connectivity index is 2.30. The lowest BCUT2D eigenvalue weighted by Gasteiger charge is -2.25. The first-order valence-corrected chi connectivity index (χ1v) is 11.7. The summed E-state index contributed by atoms with van der Waals surface area (Å²) in [5, 5.41) is 15.1. The monoisotopic (exact) mass is 518 g/mol. The number of pyridine rings is 1. The summed E-state index contributed by atoms with van der Waals surface area (Å²) in [5.41, 5.74) is -2.28. The number of hydrogen-bond acceptors (Lipinski definition) is 7. The minimum atomic E-state index is -4.55. The summed E-state index contributed by atoms with van der Waals surface area (Å²) in [5.74, 6) is -0.208. The van der Waals surface area contributed by atoms with Gasteiger partial charge in [0.05, 0.1) is 11.3 Å². The van der Waals surface area contributed by atoms with Gasteiger partial charge in [-0.25, -0.2) is 4.98 Å². The van der Waals surface area contributed by atoms with E-state index >= 15 is 0 Å². The smallest absolute Gasteiger partial charge is 0.379 e. The average Bonchev–Trinajstić information content (AvgIpc) is 2.85. The molecule has 190 valence electrons. The molecule has 0 radical (unpaired) electrons.